The molecule has 0 atom stereocenters. The Bertz CT molecular complexity index is 898. The second-order valence-corrected chi connectivity index (χ2v) is 8.01. The van der Waals surface area contributed by atoms with E-state index in [9.17, 15) is 13.2 Å². The minimum absolute atomic E-state index is 0.0842. The smallest absolute Gasteiger partial charge is 0.251 e. The summed E-state index contributed by atoms with van der Waals surface area (Å²) in [5, 5.41) is 3.28. The molecule has 6 nitrogen and oxygen atoms in total. The maximum absolute atomic E-state index is 12.5. The molecule has 2 rings (SSSR count). The number of halogens is 1. The predicted molar refractivity (Wildman–Crippen MR) is 101 cm³/mol. The molecule has 0 saturated carbocycles. The number of sulfonamides is 1. The molecule has 2 aromatic rings. The van der Waals surface area contributed by atoms with Crippen LogP contribution in [0, 0.1) is 0 Å². The molecule has 0 unspecified atom stereocenters. The first-order valence-electron chi connectivity index (χ1n) is 7.96. The number of hydrogen-bond acceptors (Lipinski definition) is 4. The van der Waals surface area contributed by atoms with E-state index in [-0.39, 0.29) is 28.8 Å². The van der Waals surface area contributed by atoms with Gasteiger partial charge in [0.25, 0.3) is 5.91 Å². The van der Waals surface area contributed by atoms with Gasteiger partial charge in [-0.05, 0) is 43.7 Å². The minimum atomic E-state index is -3.81. The van der Waals surface area contributed by atoms with Gasteiger partial charge in [-0.1, -0.05) is 29.8 Å². The second kappa shape index (κ2) is 8.53. The van der Waals surface area contributed by atoms with Crippen LogP contribution in [-0.4, -0.2) is 27.5 Å². The van der Waals surface area contributed by atoms with Gasteiger partial charge in [0.1, 0.15) is 10.6 Å². The summed E-state index contributed by atoms with van der Waals surface area (Å²) < 4.78 is 32.6. The van der Waals surface area contributed by atoms with Crippen LogP contribution in [-0.2, 0) is 16.6 Å². The molecular formula is C18H21ClN2O4S. The van der Waals surface area contributed by atoms with Crippen molar-refractivity contribution in [3.63, 3.8) is 0 Å². The first-order valence-corrected chi connectivity index (χ1v) is 9.82. The molecule has 140 valence electrons. The summed E-state index contributed by atoms with van der Waals surface area (Å²) in [6.07, 6.45) is 0. The highest BCUT2D eigenvalue weighted by Gasteiger charge is 2.22. The van der Waals surface area contributed by atoms with Gasteiger partial charge >= 0.3 is 0 Å². The normalized spacial score (nSPS) is 11.4. The number of carbonyl (C=O) groups is 1. The van der Waals surface area contributed by atoms with Gasteiger partial charge < -0.3 is 10.1 Å². The van der Waals surface area contributed by atoms with Crippen LogP contribution in [0.4, 0.5) is 0 Å². The van der Waals surface area contributed by atoms with Gasteiger partial charge in [0.15, 0.2) is 0 Å². The molecule has 26 heavy (non-hydrogen) atoms. The Balaban J connectivity index is 2.26. The summed E-state index contributed by atoms with van der Waals surface area (Å²) in [4.78, 5) is 12.3. The van der Waals surface area contributed by atoms with E-state index in [2.05, 4.69) is 10.0 Å². The summed E-state index contributed by atoms with van der Waals surface area (Å²) in [6.45, 7) is 3.66. The Morgan fingerprint density at radius 3 is 2.50 bits per heavy atom. The van der Waals surface area contributed by atoms with Gasteiger partial charge in [-0.25, -0.2) is 13.1 Å². The summed E-state index contributed by atoms with van der Waals surface area (Å²) >= 11 is 6.07. The minimum Gasteiger partial charge on any atom is -0.495 e. The number of rotatable bonds is 7. The van der Waals surface area contributed by atoms with Crippen LogP contribution in [0.5, 0.6) is 5.75 Å². The highest BCUT2D eigenvalue weighted by atomic mass is 35.5. The van der Waals surface area contributed by atoms with E-state index in [0.717, 1.165) is 5.56 Å². The van der Waals surface area contributed by atoms with Crippen molar-refractivity contribution in [3.05, 3.63) is 58.6 Å². The van der Waals surface area contributed by atoms with E-state index in [1.807, 2.05) is 6.07 Å². The van der Waals surface area contributed by atoms with Crippen LogP contribution in [0.15, 0.2) is 47.4 Å². The van der Waals surface area contributed by atoms with Crippen molar-refractivity contribution in [1.29, 1.82) is 0 Å². The van der Waals surface area contributed by atoms with Gasteiger partial charge in [-0.3, -0.25) is 4.79 Å². The Hall–Kier alpha value is -2.09. The van der Waals surface area contributed by atoms with Crippen molar-refractivity contribution in [2.24, 2.45) is 0 Å². The SMILES string of the molecule is COc1ccc(C(=O)NCc2ccccc2Cl)cc1S(=O)(=O)NC(C)C. The quantitative estimate of drug-likeness (QED) is 0.753. The van der Waals surface area contributed by atoms with E-state index in [1.165, 1.54) is 25.3 Å². The van der Waals surface area contributed by atoms with Crippen molar-refractivity contribution >= 4 is 27.5 Å². The molecule has 0 aliphatic heterocycles. The Labute approximate surface area is 158 Å². The Kier molecular flexibility index (Phi) is 6.63. The monoisotopic (exact) mass is 396 g/mol. The molecule has 0 aliphatic carbocycles. The summed E-state index contributed by atoms with van der Waals surface area (Å²) in [7, 11) is -2.43. The average Bonchev–Trinajstić information content (AvgIpc) is 2.59. The lowest BCUT2D eigenvalue weighted by Gasteiger charge is -2.14. The lowest BCUT2D eigenvalue weighted by Crippen LogP contribution is -2.31. The third kappa shape index (κ3) is 4.97. The van der Waals surface area contributed by atoms with Crippen molar-refractivity contribution in [2.45, 2.75) is 31.3 Å². The van der Waals surface area contributed by atoms with Gasteiger partial charge in [-0.2, -0.15) is 0 Å². The zero-order valence-electron chi connectivity index (χ0n) is 14.7. The van der Waals surface area contributed by atoms with Crippen molar-refractivity contribution < 1.29 is 17.9 Å². The van der Waals surface area contributed by atoms with Crippen LogP contribution in [0.25, 0.3) is 0 Å². The Morgan fingerprint density at radius 1 is 1.19 bits per heavy atom. The van der Waals surface area contributed by atoms with Crippen LogP contribution < -0.4 is 14.8 Å². The molecule has 0 fully saturated rings. The lowest BCUT2D eigenvalue weighted by atomic mass is 10.2. The topological polar surface area (TPSA) is 84.5 Å². The molecule has 0 aliphatic rings. The van der Waals surface area contributed by atoms with E-state index >= 15 is 0 Å². The van der Waals surface area contributed by atoms with Crippen LogP contribution >= 0.6 is 11.6 Å². The third-order valence-electron chi connectivity index (χ3n) is 3.50. The van der Waals surface area contributed by atoms with Crippen LogP contribution in [0.2, 0.25) is 5.02 Å². The highest BCUT2D eigenvalue weighted by molar-refractivity contribution is 7.89. The number of methoxy groups -OCH3 is 1. The molecule has 8 heteroatoms. The molecule has 0 spiro atoms. The van der Waals surface area contributed by atoms with Gasteiger partial charge in [0.05, 0.1) is 7.11 Å². The molecule has 1 amide bonds. The van der Waals surface area contributed by atoms with Crippen LogP contribution in [0.3, 0.4) is 0 Å². The number of ether oxygens (including phenoxy) is 1. The fraction of sp³-hybridized carbons (Fsp3) is 0.278. The van der Waals surface area contributed by atoms with E-state index in [0.29, 0.717) is 5.02 Å². The highest BCUT2D eigenvalue weighted by Crippen LogP contribution is 2.25. The lowest BCUT2D eigenvalue weighted by molar-refractivity contribution is 0.0950. The van der Waals surface area contributed by atoms with Crippen molar-refractivity contribution in [3.8, 4) is 5.75 Å². The first kappa shape index (κ1) is 20.2. The fourth-order valence-corrected chi connectivity index (χ4v) is 3.97. The van der Waals surface area contributed by atoms with E-state index in [1.54, 1.807) is 32.0 Å². The molecule has 0 heterocycles. The molecule has 0 bridgehead atoms. The third-order valence-corrected chi connectivity index (χ3v) is 5.55. The standard InChI is InChI=1S/C18H21ClN2O4S/c1-12(2)21-26(23,24)17-10-13(8-9-16(17)25-3)18(22)20-11-14-6-4-5-7-15(14)19/h4-10,12,21H,11H2,1-3H3,(H,20,22). The molecule has 0 radical (unpaired) electrons. The molecular weight excluding hydrogens is 376 g/mol. The van der Waals surface area contributed by atoms with Crippen molar-refractivity contribution in [2.75, 3.05) is 7.11 Å². The van der Waals surface area contributed by atoms with Crippen LogP contribution in [0.1, 0.15) is 29.8 Å². The maximum atomic E-state index is 12.5. The molecule has 2 aromatic carbocycles. The van der Waals surface area contributed by atoms with E-state index < -0.39 is 15.9 Å². The molecule has 0 aromatic heterocycles. The average molecular weight is 397 g/mol. The van der Waals surface area contributed by atoms with Gasteiger partial charge in [0, 0.05) is 23.2 Å². The first-order chi connectivity index (χ1) is 12.2. The largest absolute Gasteiger partial charge is 0.495 e. The van der Waals surface area contributed by atoms with Gasteiger partial charge in [-0.15, -0.1) is 0 Å². The number of hydrogen-bond donors (Lipinski definition) is 2. The fourth-order valence-electron chi connectivity index (χ4n) is 2.32. The summed E-state index contributed by atoms with van der Waals surface area (Å²) in [5.74, 6) is -0.241. The zero-order valence-corrected chi connectivity index (χ0v) is 16.3. The summed E-state index contributed by atoms with van der Waals surface area (Å²) in [5.41, 5.74) is 0.979. The zero-order chi connectivity index (χ0) is 19.3. The number of amides is 1. The molecule has 0 saturated heterocycles. The predicted octanol–water partition coefficient (Wildman–Crippen LogP) is 2.97. The van der Waals surface area contributed by atoms with Gasteiger partial charge in [0.2, 0.25) is 10.0 Å². The maximum Gasteiger partial charge on any atom is 0.251 e. The van der Waals surface area contributed by atoms with E-state index in [4.69, 9.17) is 16.3 Å². The number of benzene rings is 2. The second-order valence-electron chi connectivity index (χ2n) is 5.92. The number of carbonyl (C=O) groups excluding carboxylic acids is 1. The van der Waals surface area contributed by atoms with Crippen molar-refractivity contribution in [1.82, 2.24) is 10.0 Å². The Morgan fingerprint density at radius 2 is 1.88 bits per heavy atom. The summed E-state index contributed by atoms with van der Waals surface area (Å²) in [6, 6.07) is 11.1. The molecule has 2 N–H and O–H groups in total. The number of nitrogens with one attached hydrogen (secondary N) is 2.